The number of hydrogen-bond acceptors (Lipinski definition) is 7. The zero-order valence-electron chi connectivity index (χ0n) is 19.2. The first-order chi connectivity index (χ1) is 16.8. The predicted octanol–water partition coefficient (Wildman–Crippen LogP) is 4.22. The average Bonchev–Trinajstić information content (AvgIpc) is 3.60. The van der Waals surface area contributed by atoms with Crippen LogP contribution in [-0.2, 0) is 11.3 Å². The van der Waals surface area contributed by atoms with Gasteiger partial charge in [-0.3, -0.25) is 9.89 Å². The van der Waals surface area contributed by atoms with Crippen molar-refractivity contribution in [3.8, 4) is 5.82 Å². The predicted molar refractivity (Wildman–Crippen MR) is 133 cm³/mol. The number of likely N-dealkylation sites (tertiary alicyclic amines) is 1. The number of allylic oxidation sites excluding steroid dienone is 1. The number of alkyl halides is 2. The summed E-state index contributed by atoms with van der Waals surface area (Å²) in [5.41, 5.74) is 2.31. The maximum Gasteiger partial charge on any atom is 0.278 e. The minimum atomic E-state index is -2.87. The fourth-order valence-corrected chi connectivity index (χ4v) is 7.22. The summed E-state index contributed by atoms with van der Waals surface area (Å²) < 4.78 is 37.1. The van der Waals surface area contributed by atoms with E-state index in [0.717, 1.165) is 36.5 Å². The van der Waals surface area contributed by atoms with Gasteiger partial charge in [-0.15, -0.1) is 11.8 Å². The summed E-state index contributed by atoms with van der Waals surface area (Å²) in [5.74, 6) is -2.37. The monoisotopic (exact) mass is 518 g/mol. The molecule has 2 aromatic heterocycles. The minimum Gasteiger partial charge on any atom is -0.367 e. The Morgan fingerprint density at radius 1 is 1.29 bits per heavy atom. The van der Waals surface area contributed by atoms with Gasteiger partial charge in [0.25, 0.3) is 5.92 Å². The molecule has 0 aromatic carbocycles. The molecule has 35 heavy (non-hydrogen) atoms. The van der Waals surface area contributed by atoms with Crippen LogP contribution in [0.3, 0.4) is 0 Å². The van der Waals surface area contributed by atoms with Crippen LogP contribution in [0.2, 0.25) is 0 Å². The number of amidine groups is 1. The molecule has 6 rings (SSSR count). The van der Waals surface area contributed by atoms with Crippen molar-refractivity contribution in [2.75, 3.05) is 26.2 Å². The van der Waals surface area contributed by atoms with Gasteiger partial charge >= 0.3 is 0 Å². The lowest BCUT2D eigenvalue weighted by molar-refractivity contribution is -0.215. The van der Waals surface area contributed by atoms with E-state index in [1.165, 1.54) is 17.8 Å². The van der Waals surface area contributed by atoms with Crippen molar-refractivity contribution in [1.29, 1.82) is 0 Å². The van der Waals surface area contributed by atoms with Crippen LogP contribution in [0.25, 0.3) is 5.82 Å². The van der Waals surface area contributed by atoms with Crippen LogP contribution in [-0.4, -0.2) is 74.7 Å². The van der Waals surface area contributed by atoms with Crippen LogP contribution >= 0.6 is 23.4 Å². The molecule has 1 spiro atoms. The maximum absolute atomic E-state index is 14.5. The molecular weight excluding hydrogens is 494 g/mol. The molecule has 2 atom stereocenters. The van der Waals surface area contributed by atoms with E-state index in [0.29, 0.717) is 35.4 Å². The highest BCUT2D eigenvalue weighted by Gasteiger charge is 2.60. The number of piperidine rings is 1. The van der Waals surface area contributed by atoms with Gasteiger partial charge in [-0.25, -0.2) is 23.4 Å². The van der Waals surface area contributed by atoms with E-state index in [-0.39, 0.29) is 5.25 Å². The summed E-state index contributed by atoms with van der Waals surface area (Å²) in [4.78, 5) is 15.7. The Morgan fingerprint density at radius 2 is 2.11 bits per heavy atom. The van der Waals surface area contributed by atoms with Gasteiger partial charge in [0, 0.05) is 43.8 Å². The number of aryl methyl sites for hydroxylation is 1. The molecule has 0 aliphatic carbocycles. The van der Waals surface area contributed by atoms with Crippen LogP contribution in [0, 0.1) is 12.8 Å². The molecule has 7 nitrogen and oxygen atoms in total. The molecule has 2 aromatic rings. The number of ether oxygens (including phenoxy) is 1. The summed E-state index contributed by atoms with van der Waals surface area (Å²) >= 11 is 7.51. The first-order valence-corrected chi connectivity index (χ1v) is 13.0. The zero-order chi connectivity index (χ0) is 24.2. The van der Waals surface area contributed by atoms with Gasteiger partial charge < -0.3 is 4.74 Å². The second-order valence-electron chi connectivity index (χ2n) is 9.46. The van der Waals surface area contributed by atoms with E-state index in [9.17, 15) is 8.78 Å². The van der Waals surface area contributed by atoms with Gasteiger partial charge in [-0.2, -0.15) is 5.10 Å². The largest absolute Gasteiger partial charge is 0.367 e. The van der Waals surface area contributed by atoms with Gasteiger partial charge in [-0.05, 0) is 38.0 Å². The van der Waals surface area contributed by atoms with Crippen molar-refractivity contribution >= 4 is 35.4 Å². The molecule has 4 aliphatic rings. The topological polar surface area (TPSA) is 67.9 Å². The molecule has 2 saturated heterocycles. The van der Waals surface area contributed by atoms with Crippen LogP contribution in [0.1, 0.15) is 29.7 Å². The average molecular weight is 519 g/mol. The van der Waals surface area contributed by atoms with Crippen molar-refractivity contribution in [3.63, 3.8) is 0 Å². The summed E-state index contributed by atoms with van der Waals surface area (Å²) in [6.07, 6.45) is 8.45. The highest BCUT2D eigenvalue weighted by molar-refractivity contribution is 8.05. The number of thioether (sulfide) groups is 1. The van der Waals surface area contributed by atoms with Crippen LogP contribution in [0.4, 0.5) is 8.78 Å². The molecule has 0 bridgehead atoms. The maximum atomic E-state index is 14.5. The van der Waals surface area contributed by atoms with E-state index in [1.54, 1.807) is 17.1 Å². The van der Waals surface area contributed by atoms with Crippen molar-refractivity contribution in [3.05, 3.63) is 51.8 Å². The molecule has 4 aliphatic heterocycles. The number of aromatic nitrogens is 3. The first-order valence-electron chi connectivity index (χ1n) is 11.7. The third kappa shape index (κ3) is 4.14. The van der Waals surface area contributed by atoms with Crippen molar-refractivity contribution in [2.45, 2.75) is 43.1 Å². The quantitative estimate of drug-likeness (QED) is 0.606. The number of fused-ring (bicyclic) bond motifs is 2. The molecule has 6 heterocycles. The summed E-state index contributed by atoms with van der Waals surface area (Å²) in [5, 5.41) is 4.38. The van der Waals surface area contributed by atoms with E-state index >= 15 is 0 Å². The zero-order valence-corrected chi connectivity index (χ0v) is 20.8. The summed E-state index contributed by atoms with van der Waals surface area (Å²) in [6.45, 7) is 4.27. The van der Waals surface area contributed by atoms with Crippen LogP contribution in [0.5, 0.6) is 0 Å². The fraction of sp³-hybridized carbons (Fsp3) is 0.500. The Hall–Kier alpha value is -2.14. The van der Waals surface area contributed by atoms with Gasteiger partial charge in [0.05, 0.1) is 38.9 Å². The lowest BCUT2D eigenvalue weighted by atomic mass is 9.77. The number of halogens is 3. The van der Waals surface area contributed by atoms with Gasteiger partial charge in [-0.1, -0.05) is 11.6 Å². The lowest BCUT2D eigenvalue weighted by Gasteiger charge is -2.51. The van der Waals surface area contributed by atoms with Gasteiger partial charge in [0.15, 0.2) is 11.7 Å². The molecule has 0 N–H and O–H groups in total. The summed E-state index contributed by atoms with van der Waals surface area (Å²) in [7, 11) is 0. The smallest absolute Gasteiger partial charge is 0.278 e. The number of hydrogen-bond donors (Lipinski definition) is 0. The Balaban J connectivity index is 1.16. The second-order valence-corrected chi connectivity index (χ2v) is 11.3. The standard InChI is InChI=1S/C24H25ClF2N6OS/c1-15-16(13-33(31-15)22-17(3-2-6-30-22)21-28-7-8-29-21)12-32-9-4-23(5-10-32)20-18(11-19(25)35-20)24(26,27)14-34-23/h2-3,6-7,11,13,18,20H,4-5,8-10,12,14H2,1H3. The van der Waals surface area contributed by atoms with Crippen molar-refractivity contribution in [1.82, 2.24) is 19.7 Å². The number of nitrogens with zero attached hydrogens (tertiary/aromatic N) is 6. The van der Waals surface area contributed by atoms with E-state index in [1.807, 2.05) is 25.3 Å². The van der Waals surface area contributed by atoms with Crippen molar-refractivity contribution in [2.24, 2.45) is 15.9 Å². The second kappa shape index (κ2) is 8.76. The molecule has 2 fully saturated rings. The highest BCUT2D eigenvalue weighted by atomic mass is 35.5. The van der Waals surface area contributed by atoms with Gasteiger partial charge in [0.1, 0.15) is 6.61 Å². The number of pyridine rings is 1. The number of aliphatic imine (C=N–C) groups is 2. The van der Waals surface area contributed by atoms with E-state index < -0.39 is 24.0 Å². The third-order valence-electron chi connectivity index (χ3n) is 7.31. The van der Waals surface area contributed by atoms with Gasteiger partial charge in [0.2, 0.25) is 0 Å². The highest BCUT2D eigenvalue weighted by Crippen LogP contribution is 2.56. The van der Waals surface area contributed by atoms with E-state index in [4.69, 9.17) is 21.4 Å². The fourth-order valence-electron chi connectivity index (χ4n) is 5.38. The van der Waals surface area contributed by atoms with Crippen molar-refractivity contribution < 1.29 is 13.5 Å². The van der Waals surface area contributed by atoms with Crippen LogP contribution < -0.4 is 0 Å². The SMILES string of the molecule is Cc1nn(-c2ncccc2C2=NCC=N2)cc1CN1CCC2(CC1)OCC(F)(F)C1C=C(Cl)SC12. The molecular formula is C24H25ClF2N6OS. The Labute approximate surface area is 211 Å². The molecule has 2 unspecified atom stereocenters. The van der Waals surface area contributed by atoms with Crippen LogP contribution in [0.15, 0.2) is 45.0 Å². The Morgan fingerprint density at radius 3 is 2.89 bits per heavy atom. The Kier molecular flexibility index (Phi) is 5.82. The summed E-state index contributed by atoms with van der Waals surface area (Å²) in [6, 6.07) is 3.82. The first kappa shape index (κ1) is 23.3. The molecule has 11 heteroatoms. The molecule has 184 valence electrons. The molecule has 0 amide bonds. The third-order valence-corrected chi connectivity index (χ3v) is 9.04. The molecule has 0 radical (unpaired) electrons. The lowest BCUT2D eigenvalue weighted by Crippen LogP contribution is -2.61. The normalized spacial score (nSPS) is 27.2. The minimum absolute atomic E-state index is 0.339. The van der Waals surface area contributed by atoms with E-state index in [2.05, 4.69) is 19.9 Å². The number of rotatable bonds is 4. The Bertz CT molecular complexity index is 1240. The molecule has 0 saturated carbocycles.